The molecular weight excluding hydrogens is 458 g/mol. The number of benzene rings is 1. The molecule has 2 heterocycles. The van der Waals surface area contributed by atoms with E-state index in [2.05, 4.69) is 20.0 Å². The number of fused-ring (bicyclic) bond motifs is 1. The summed E-state index contributed by atoms with van der Waals surface area (Å²) in [6, 6.07) is 9.96. The number of carbonyl (C=O) groups excluding carboxylic acids is 1. The van der Waals surface area contributed by atoms with E-state index in [4.69, 9.17) is 10.5 Å². The number of thiophene rings is 1. The third-order valence-electron chi connectivity index (χ3n) is 4.44. The molecule has 0 bridgehead atoms. The zero-order valence-electron chi connectivity index (χ0n) is 17.0. The molecule has 14 heteroatoms. The van der Waals surface area contributed by atoms with Crippen molar-refractivity contribution < 1.29 is 29.4 Å². The molecule has 0 aliphatic rings. The van der Waals surface area contributed by atoms with Gasteiger partial charge in [0, 0.05) is 18.9 Å². The maximum atomic E-state index is 12.8. The van der Waals surface area contributed by atoms with Crippen LogP contribution in [0.15, 0.2) is 48.8 Å². The molecule has 0 saturated carbocycles. The van der Waals surface area contributed by atoms with Gasteiger partial charge in [-0.1, -0.05) is 12.1 Å². The second-order valence-corrected chi connectivity index (χ2v) is 7.73. The molecule has 3 rings (SSSR count). The Morgan fingerprint density at radius 1 is 1.12 bits per heavy atom. The van der Waals surface area contributed by atoms with Crippen LogP contribution >= 0.6 is 11.3 Å². The minimum Gasteiger partial charge on any atom is -0.486 e. The van der Waals surface area contributed by atoms with Crippen molar-refractivity contribution in [3.63, 3.8) is 0 Å². The number of carbonyl (C=O) groups is 1. The molecule has 3 N–H and O–H groups in total. The maximum Gasteiger partial charge on any atom is 0.294 e. The number of pyridine rings is 1. The highest BCUT2D eigenvalue weighted by Crippen LogP contribution is 2.30. The van der Waals surface area contributed by atoms with Crippen LogP contribution in [0.2, 0.25) is 0 Å². The smallest absolute Gasteiger partial charge is 0.294 e. The zero-order chi connectivity index (χ0) is 23.8. The Labute approximate surface area is 190 Å². The van der Waals surface area contributed by atoms with Crippen LogP contribution in [-0.2, 0) is 14.5 Å². The second kappa shape index (κ2) is 11.0. The number of nitrogens with two attached hydrogens (primary N) is 1. The lowest BCUT2D eigenvalue weighted by Crippen LogP contribution is -2.31. The lowest BCUT2D eigenvalue weighted by Gasteiger charge is -2.18. The Morgan fingerprint density at radius 2 is 1.79 bits per heavy atom. The average molecular weight is 477 g/mol. The molecule has 0 radical (unpaired) electrons. The molecule has 0 fully saturated rings. The van der Waals surface area contributed by atoms with Crippen LogP contribution in [0, 0.1) is 20.2 Å². The van der Waals surface area contributed by atoms with Crippen molar-refractivity contribution in [3.8, 4) is 5.75 Å². The first-order chi connectivity index (χ1) is 15.9. The molecule has 1 unspecified atom stereocenters. The maximum absolute atomic E-state index is 12.8. The van der Waals surface area contributed by atoms with E-state index in [1.54, 1.807) is 24.5 Å². The molecule has 2 aromatic heterocycles. The molecule has 13 nitrogen and oxygen atoms in total. The molecule has 1 amide bonds. The van der Waals surface area contributed by atoms with Crippen LogP contribution in [-0.4, -0.2) is 46.9 Å². The van der Waals surface area contributed by atoms with E-state index in [1.807, 2.05) is 12.1 Å². The number of ether oxygens (including phenoxy) is 1. The highest BCUT2D eigenvalue weighted by molar-refractivity contribution is 7.22. The lowest BCUT2D eigenvalue weighted by molar-refractivity contribution is -0.768. The van der Waals surface area contributed by atoms with Crippen LogP contribution in [0.3, 0.4) is 0 Å². The van der Waals surface area contributed by atoms with Gasteiger partial charge >= 0.3 is 0 Å². The van der Waals surface area contributed by atoms with E-state index < -0.39 is 35.4 Å². The molecule has 0 spiro atoms. The fourth-order valence-electron chi connectivity index (χ4n) is 2.92. The van der Waals surface area contributed by atoms with E-state index >= 15 is 0 Å². The number of aromatic nitrogens is 1. The van der Waals surface area contributed by atoms with Crippen molar-refractivity contribution >= 4 is 32.3 Å². The zero-order valence-corrected chi connectivity index (χ0v) is 17.8. The second-order valence-electron chi connectivity index (χ2n) is 6.65. The van der Waals surface area contributed by atoms with Crippen molar-refractivity contribution in [2.45, 2.75) is 12.0 Å². The first kappa shape index (κ1) is 23.6. The van der Waals surface area contributed by atoms with Gasteiger partial charge < -0.3 is 25.5 Å². The summed E-state index contributed by atoms with van der Waals surface area (Å²) in [5.74, 6) is -0.688. The third kappa shape index (κ3) is 6.72. The lowest BCUT2D eigenvalue weighted by atomic mass is 9.98. The van der Waals surface area contributed by atoms with E-state index in [1.165, 1.54) is 23.5 Å². The summed E-state index contributed by atoms with van der Waals surface area (Å²) in [4.78, 5) is 46.1. The fourth-order valence-corrected chi connectivity index (χ4v) is 3.86. The van der Waals surface area contributed by atoms with Gasteiger partial charge in [0.15, 0.2) is 0 Å². The Morgan fingerprint density at radius 3 is 2.36 bits per heavy atom. The Kier molecular flexibility index (Phi) is 7.88. The monoisotopic (exact) mass is 477 g/mol. The number of nitrogens with one attached hydrogen (secondary N) is 1. The first-order valence-corrected chi connectivity index (χ1v) is 10.3. The summed E-state index contributed by atoms with van der Waals surface area (Å²) < 4.78 is 6.42. The van der Waals surface area contributed by atoms with Crippen molar-refractivity contribution in [1.82, 2.24) is 4.98 Å². The predicted molar refractivity (Wildman–Crippen MR) is 117 cm³/mol. The number of hydrogen-bond acceptors (Lipinski definition) is 11. The minimum absolute atomic E-state index is 0.0501. The van der Waals surface area contributed by atoms with Crippen LogP contribution < -0.4 is 15.8 Å². The van der Waals surface area contributed by atoms with Crippen LogP contribution in [0.25, 0.3) is 10.1 Å². The quantitative estimate of drug-likeness (QED) is 0.289. The number of amides is 1. The van der Waals surface area contributed by atoms with E-state index in [9.17, 15) is 25.0 Å². The Hall–Kier alpha value is -4.04. The van der Waals surface area contributed by atoms with Gasteiger partial charge in [-0.2, -0.15) is 0 Å². The predicted octanol–water partition coefficient (Wildman–Crippen LogP) is 2.14. The van der Waals surface area contributed by atoms with E-state index in [-0.39, 0.29) is 18.2 Å². The largest absolute Gasteiger partial charge is 0.486 e. The minimum atomic E-state index is -1.11. The summed E-state index contributed by atoms with van der Waals surface area (Å²) in [6.45, 7) is -1.09. The molecule has 33 heavy (non-hydrogen) atoms. The van der Waals surface area contributed by atoms with Gasteiger partial charge in [-0.3, -0.25) is 9.78 Å². The van der Waals surface area contributed by atoms with Crippen molar-refractivity contribution in [1.29, 1.82) is 0 Å². The SMILES string of the molecule is NCC(C(=O)Nc1cc2ccncc2s1)c1ccc(OC(CO[N+](=O)[O-])CO[N+](=O)[O-])cc1. The topological polar surface area (TPSA) is 182 Å². The fraction of sp³-hybridized carbons (Fsp3) is 0.263. The highest BCUT2D eigenvalue weighted by atomic mass is 32.1. The number of nitrogens with zero attached hydrogens (tertiary/aromatic N) is 3. The normalized spacial score (nSPS) is 11.7. The molecular formula is C19H19N5O8S. The third-order valence-corrected chi connectivity index (χ3v) is 5.44. The molecule has 0 aliphatic carbocycles. The average Bonchev–Trinajstić information content (AvgIpc) is 3.19. The highest BCUT2D eigenvalue weighted by Gasteiger charge is 2.21. The van der Waals surface area contributed by atoms with Gasteiger partial charge in [0.05, 0.1) is 15.6 Å². The van der Waals surface area contributed by atoms with Gasteiger partial charge in [-0.25, -0.2) is 0 Å². The van der Waals surface area contributed by atoms with E-state index in [0.717, 1.165) is 10.1 Å². The van der Waals surface area contributed by atoms with Crippen LogP contribution in [0.1, 0.15) is 11.5 Å². The first-order valence-electron chi connectivity index (χ1n) is 9.51. The number of rotatable bonds is 12. The standard InChI is InChI=1S/C19H19N5O8S/c20-8-16(19(25)22-18-7-13-5-6-21-9-17(13)33-18)12-1-3-14(4-2-12)32-15(10-30-23(26)27)11-31-24(28)29/h1-7,9,15-16H,8,10-11,20H2,(H,22,25). The van der Waals surface area contributed by atoms with Crippen LogP contribution in [0.4, 0.5) is 5.00 Å². The molecule has 1 atom stereocenters. The molecule has 0 aliphatic heterocycles. The van der Waals surface area contributed by atoms with Crippen molar-refractivity contribution in [3.05, 3.63) is 74.6 Å². The van der Waals surface area contributed by atoms with Gasteiger partial charge in [-0.15, -0.1) is 31.6 Å². The Bertz CT molecular complexity index is 1070. The summed E-state index contributed by atoms with van der Waals surface area (Å²) >= 11 is 1.40. The summed E-state index contributed by atoms with van der Waals surface area (Å²) in [5.41, 5.74) is 6.45. The van der Waals surface area contributed by atoms with Gasteiger partial charge in [0.1, 0.15) is 25.1 Å². The molecule has 0 saturated heterocycles. The van der Waals surface area contributed by atoms with Crippen molar-refractivity contribution in [2.75, 3.05) is 25.1 Å². The summed E-state index contributed by atoms with van der Waals surface area (Å²) in [5, 5.41) is 23.2. The number of anilines is 1. The summed E-state index contributed by atoms with van der Waals surface area (Å²) in [7, 11) is 0. The molecule has 3 aromatic rings. The van der Waals surface area contributed by atoms with Gasteiger partial charge in [0.25, 0.3) is 10.2 Å². The Balaban J connectivity index is 1.65. The molecule has 1 aromatic carbocycles. The van der Waals surface area contributed by atoms with Crippen LogP contribution in [0.5, 0.6) is 5.75 Å². The van der Waals surface area contributed by atoms with Gasteiger partial charge in [-0.05, 0) is 35.2 Å². The van der Waals surface area contributed by atoms with Crippen molar-refractivity contribution in [2.24, 2.45) is 5.73 Å². The number of hydrogen-bond donors (Lipinski definition) is 2. The summed E-state index contributed by atoms with van der Waals surface area (Å²) in [6.07, 6.45) is 2.28. The molecule has 174 valence electrons. The van der Waals surface area contributed by atoms with E-state index in [0.29, 0.717) is 10.6 Å². The van der Waals surface area contributed by atoms with Gasteiger partial charge in [0.2, 0.25) is 5.91 Å².